The number of anilines is 1. The molecule has 1 aromatic heterocycles. The average Bonchev–Trinajstić information content (AvgIpc) is 2.98. The second-order valence-electron chi connectivity index (χ2n) is 5.89. The molecular formula is C20H19BrN2O2. The molecule has 128 valence electrons. The van der Waals surface area contributed by atoms with Gasteiger partial charge in [-0.3, -0.25) is 4.79 Å². The smallest absolute Gasteiger partial charge is 0.261 e. The van der Waals surface area contributed by atoms with Crippen molar-refractivity contribution >= 4 is 27.5 Å². The van der Waals surface area contributed by atoms with Gasteiger partial charge in [0.25, 0.3) is 5.91 Å². The zero-order chi connectivity index (χ0) is 18.0. The second-order valence-corrected chi connectivity index (χ2v) is 6.81. The first kappa shape index (κ1) is 17.4. The molecule has 0 aliphatic rings. The van der Waals surface area contributed by atoms with E-state index in [1.54, 1.807) is 6.92 Å². The van der Waals surface area contributed by atoms with Gasteiger partial charge in [-0.2, -0.15) is 0 Å². The molecule has 1 amide bonds. The third kappa shape index (κ3) is 3.51. The van der Waals surface area contributed by atoms with Crippen LogP contribution in [0.4, 0.5) is 5.69 Å². The van der Waals surface area contributed by atoms with Crippen LogP contribution in [0.5, 0.6) is 0 Å². The largest absolute Gasteiger partial charge is 0.360 e. The number of aromatic nitrogens is 1. The van der Waals surface area contributed by atoms with Gasteiger partial charge >= 0.3 is 0 Å². The molecule has 2 aromatic carbocycles. The fourth-order valence-electron chi connectivity index (χ4n) is 2.85. The molecule has 0 radical (unpaired) electrons. The average molecular weight is 399 g/mol. The standard InChI is InChI=1S/C20H19BrN2O2/c1-4-14-8-5-7-12(2)18(14)22-20(24)17-13(3)25-23-19(17)15-9-6-10-16(21)11-15/h5-11H,4H2,1-3H3,(H,22,24). The lowest BCUT2D eigenvalue weighted by molar-refractivity contribution is 0.102. The molecule has 5 heteroatoms. The molecule has 0 bridgehead atoms. The normalized spacial score (nSPS) is 10.7. The van der Waals surface area contributed by atoms with E-state index in [0.717, 1.165) is 33.3 Å². The van der Waals surface area contributed by atoms with Gasteiger partial charge in [-0.05, 0) is 43.5 Å². The number of amides is 1. The van der Waals surface area contributed by atoms with E-state index in [0.29, 0.717) is 17.0 Å². The highest BCUT2D eigenvalue weighted by atomic mass is 79.9. The zero-order valence-electron chi connectivity index (χ0n) is 14.4. The summed E-state index contributed by atoms with van der Waals surface area (Å²) in [6.45, 7) is 5.81. The quantitative estimate of drug-likeness (QED) is 0.627. The molecule has 0 saturated carbocycles. The van der Waals surface area contributed by atoms with Gasteiger partial charge in [0, 0.05) is 15.7 Å². The first-order valence-corrected chi connectivity index (χ1v) is 8.92. The number of benzene rings is 2. The Morgan fingerprint density at radius 1 is 1.20 bits per heavy atom. The third-order valence-corrected chi connectivity index (χ3v) is 4.66. The number of nitrogens with one attached hydrogen (secondary N) is 1. The summed E-state index contributed by atoms with van der Waals surface area (Å²) < 4.78 is 6.23. The molecule has 0 atom stereocenters. The number of carbonyl (C=O) groups is 1. The maximum atomic E-state index is 13.0. The zero-order valence-corrected chi connectivity index (χ0v) is 16.0. The van der Waals surface area contributed by atoms with Crippen LogP contribution in [0.3, 0.4) is 0 Å². The second kappa shape index (κ2) is 7.23. The van der Waals surface area contributed by atoms with E-state index in [1.807, 2.05) is 49.4 Å². The fraction of sp³-hybridized carbons (Fsp3) is 0.200. The van der Waals surface area contributed by atoms with Crippen molar-refractivity contribution in [3.05, 3.63) is 69.4 Å². The molecule has 25 heavy (non-hydrogen) atoms. The summed E-state index contributed by atoms with van der Waals surface area (Å²) in [4.78, 5) is 13.0. The first-order valence-electron chi connectivity index (χ1n) is 8.13. The van der Waals surface area contributed by atoms with Crippen molar-refractivity contribution in [1.82, 2.24) is 5.16 Å². The van der Waals surface area contributed by atoms with Crippen molar-refractivity contribution in [2.24, 2.45) is 0 Å². The summed E-state index contributed by atoms with van der Waals surface area (Å²) >= 11 is 3.45. The Morgan fingerprint density at radius 3 is 2.68 bits per heavy atom. The maximum absolute atomic E-state index is 13.0. The van der Waals surface area contributed by atoms with Gasteiger partial charge in [-0.15, -0.1) is 0 Å². The van der Waals surface area contributed by atoms with Crippen LogP contribution in [0.2, 0.25) is 0 Å². The summed E-state index contributed by atoms with van der Waals surface area (Å²) in [5.41, 5.74) is 4.83. The van der Waals surface area contributed by atoms with E-state index in [1.165, 1.54) is 0 Å². The van der Waals surface area contributed by atoms with Gasteiger partial charge in [-0.25, -0.2) is 0 Å². The number of halogens is 1. The number of hydrogen-bond donors (Lipinski definition) is 1. The number of nitrogens with zero attached hydrogens (tertiary/aromatic N) is 1. The Bertz CT molecular complexity index is 931. The molecule has 1 heterocycles. The van der Waals surface area contributed by atoms with Crippen molar-refractivity contribution in [1.29, 1.82) is 0 Å². The van der Waals surface area contributed by atoms with Gasteiger partial charge in [0.2, 0.25) is 0 Å². The number of para-hydroxylation sites is 1. The van der Waals surface area contributed by atoms with Crippen LogP contribution >= 0.6 is 15.9 Å². The highest BCUT2D eigenvalue weighted by Gasteiger charge is 2.22. The monoisotopic (exact) mass is 398 g/mol. The highest BCUT2D eigenvalue weighted by molar-refractivity contribution is 9.10. The van der Waals surface area contributed by atoms with E-state index in [-0.39, 0.29) is 5.91 Å². The fourth-order valence-corrected chi connectivity index (χ4v) is 3.25. The van der Waals surface area contributed by atoms with Gasteiger partial charge in [0.05, 0.1) is 0 Å². The van der Waals surface area contributed by atoms with Crippen LogP contribution < -0.4 is 5.32 Å². The molecule has 0 saturated heterocycles. The summed E-state index contributed by atoms with van der Waals surface area (Å²) in [5.74, 6) is 0.289. The van der Waals surface area contributed by atoms with Crippen LogP contribution in [0.1, 0.15) is 34.2 Å². The summed E-state index contributed by atoms with van der Waals surface area (Å²) in [5, 5.41) is 7.15. The number of aryl methyl sites for hydroxylation is 3. The summed E-state index contributed by atoms with van der Waals surface area (Å²) in [7, 11) is 0. The maximum Gasteiger partial charge on any atom is 0.261 e. The van der Waals surface area contributed by atoms with Gasteiger partial charge < -0.3 is 9.84 Å². The number of hydrogen-bond acceptors (Lipinski definition) is 3. The summed E-state index contributed by atoms with van der Waals surface area (Å²) in [6, 6.07) is 13.7. The lowest BCUT2D eigenvalue weighted by Gasteiger charge is -2.13. The minimum atomic E-state index is -0.210. The molecule has 0 unspecified atom stereocenters. The lowest BCUT2D eigenvalue weighted by Crippen LogP contribution is -2.15. The van der Waals surface area contributed by atoms with Crippen LogP contribution in [0, 0.1) is 13.8 Å². The molecule has 0 spiro atoms. The van der Waals surface area contributed by atoms with Crippen molar-refractivity contribution in [2.45, 2.75) is 27.2 Å². The third-order valence-electron chi connectivity index (χ3n) is 4.17. The van der Waals surface area contributed by atoms with E-state index in [2.05, 4.69) is 33.3 Å². The van der Waals surface area contributed by atoms with Crippen LogP contribution in [0.25, 0.3) is 11.3 Å². The molecule has 0 fully saturated rings. The predicted octanol–water partition coefficient (Wildman–Crippen LogP) is 5.54. The SMILES string of the molecule is CCc1cccc(C)c1NC(=O)c1c(-c2cccc(Br)c2)noc1C. The topological polar surface area (TPSA) is 55.1 Å². The van der Waals surface area contributed by atoms with Gasteiger partial charge in [0.1, 0.15) is 17.0 Å². The van der Waals surface area contributed by atoms with E-state index in [9.17, 15) is 4.79 Å². The molecule has 1 N–H and O–H groups in total. The first-order chi connectivity index (χ1) is 12.0. The molecule has 4 nitrogen and oxygen atoms in total. The van der Waals surface area contributed by atoms with Crippen molar-refractivity contribution in [3.8, 4) is 11.3 Å². The van der Waals surface area contributed by atoms with Crippen molar-refractivity contribution in [2.75, 3.05) is 5.32 Å². The number of rotatable bonds is 4. The predicted molar refractivity (Wildman–Crippen MR) is 103 cm³/mol. The van der Waals surface area contributed by atoms with Crippen LogP contribution in [-0.2, 0) is 6.42 Å². The summed E-state index contributed by atoms with van der Waals surface area (Å²) in [6.07, 6.45) is 0.846. The molecule has 0 aliphatic carbocycles. The van der Waals surface area contributed by atoms with Crippen molar-refractivity contribution in [3.63, 3.8) is 0 Å². The Labute approximate surface area is 155 Å². The van der Waals surface area contributed by atoms with Crippen molar-refractivity contribution < 1.29 is 9.32 Å². The highest BCUT2D eigenvalue weighted by Crippen LogP contribution is 2.29. The minimum Gasteiger partial charge on any atom is -0.360 e. The lowest BCUT2D eigenvalue weighted by atomic mass is 10.0. The Morgan fingerprint density at radius 2 is 1.96 bits per heavy atom. The van der Waals surface area contributed by atoms with E-state index < -0.39 is 0 Å². The molecule has 0 aliphatic heterocycles. The van der Waals surface area contributed by atoms with Gasteiger partial charge in [0.15, 0.2) is 0 Å². The Balaban J connectivity index is 2.01. The van der Waals surface area contributed by atoms with Gasteiger partial charge in [-0.1, -0.05) is 58.3 Å². The molecule has 3 aromatic rings. The Kier molecular flexibility index (Phi) is 5.04. The van der Waals surface area contributed by atoms with Crippen LogP contribution in [0.15, 0.2) is 51.5 Å². The Hall–Kier alpha value is -2.40. The molecular weight excluding hydrogens is 380 g/mol. The number of carbonyl (C=O) groups excluding carboxylic acids is 1. The van der Waals surface area contributed by atoms with E-state index in [4.69, 9.17) is 4.52 Å². The van der Waals surface area contributed by atoms with Crippen LogP contribution in [-0.4, -0.2) is 11.1 Å². The minimum absolute atomic E-state index is 0.210. The molecule has 3 rings (SSSR count). The van der Waals surface area contributed by atoms with E-state index >= 15 is 0 Å².